The van der Waals surface area contributed by atoms with Gasteiger partial charge in [-0.3, -0.25) is 0 Å². The van der Waals surface area contributed by atoms with Gasteiger partial charge in [0.15, 0.2) is 0 Å². The zero-order chi connectivity index (χ0) is 19.9. The lowest BCUT2D eigenvalue weighted by molar-refractivity contribution is -0.132. The number of aliphatic hydroxyl groups excluding tert-OH is 2. The van der Waals surface area contributed by atoms with E-state index in [1.807, 2.05) is 0 Å². The van der Waals surface area contributed by atoms with Gasteiger partial charge in [-0.05, 0) is 38.5 Å². The molecule has 0 saturated carbocycles. The third-order valence-corrected chi connectivity index (χ3v) is 3.58. The summed E-state index contributed by atoms with van der Waals surface area (Å²) in [5.41, 5.74) is 0. The molecule has 0 spiro atoms. The van der Waals surface area contributed by atoms with Crippen LogP contribution in [0.5, 0.6) is 0 Å². The third-order valence-electron chi connectivity index (χ3n) is 3.58. The fourth-order valence-corrected chi connectivity index (χ4v) is 2.18. The minimum Gasteiger partial charge on any atom is -0.478 e. The van der Waals surface area contributed by atoms with E-state index in [9.17, 15) is 9.59 Å². The van der Waals surface area contributed by atoms with Crippen molar-refractivity contribution < 1.29 is 30.0 Å². The Morgan fingerprint density at radius 3 is 1.15 bits per heavy atom. The number of hydrogen-bond donors (Lipinski definition) is 4. The summed E-state index contributed by atoms with van der Waals surface area (Å²) in [6.07, 6.45) is 17.9. The van der Waals surface area contributed by atoms with Crippen LogP contribution >= 0.6 is 0 Å². The van der Waals surface area contributed by atoms with Gasteiger partial charge in [0, 0.05) is 25.4 Å². The molecule has 0 heterocycles. The largest absolute Gasteiger partial charge is 0.478 e. The molecular weight excluding hydrogens is 336 g/mol. The molecule has 6 nitrogen and oxygen atoms in total. The zero-order valence-corrected chi connectivity index (χ0v) is 15.8. The number of carboxylic acid groups (broad SMARTS) is 2. The molecule has 0 aromatic rings. The average Bonchev–Trinajstić information content (AvgIpc) is 2.60. The molecule has 0 fully saturated rings. The molecule has 0 bridgehead atoms. The molecule has 0 aliphatic rings. The summed E-state index contributed by atoms with van der Waals surface area (Å²) >= 11 is 0. The van der Waals surface area contributed by atoms with E-state index in [0.717, 1.165) is 77.0 Å². The average molecular weight is 373 g/mol. The summed E-state index contributed by atoms with van der Waals surface area (Å²) in [6, 6.07) is 0. The highest BCUT2D eigenvalue weighted by atomic mass is 16.4. The van der Waals surface area contributed by atoms with Crippen LogP contribution in [0, 0.1) is 0 Å². The predicted octanol–water partition coefficient (Wildman–Crippen LogP) is 3.92. The van der Waals surface area contributed by atoms with Gasteiger partial charge >= 0.3 is 11.9 Å². The van der Waals surface area contributed by atoms with Gasteiger partial charge in [-0.25, -0.2) is 9.59 Å². The van der Waals surface area contributed by atoms with Gasteiger partial charge in [0.25, 0.3) is 0 Å². The van der Waals surface area contributed by atoms with Crippen LogP contribution in [0.4, 0.5) is 0 Å². The minimum absolute atomic E-state index is 0.277. The van der Waals surface area contributed by atoms with Crippen molar-refractivity contribution in [3.05, 3.63) is 24.3 Å². The van der Waals surface area contributed by atoms with Crippen molar-refractivity contribution in [1.82, 2.24) is 0 Å². The number of aliphatic hydroxyl groups is 2. The lowest BCUT2D eigenvalue weighted by Crippen LogP contribution is -1.86. The fraction of sp³-hybridized carbons (Fsp3) is 0.700. The van der Waals surface area contributed by atoms with Crippen LogP contribution in [0.2, 0.25) is 0 Å². The van der Waals surface area contributed by atoms with Gasteiger partial charge in [0.1, 0.15) is 0 Å². The maximum Gasteiger partial charge on any atom is 0.327 e. The van der Waals surface area contributed by atoms with Crippen molar-refractivity contribution in [2.45, 2.75) is 77.0 Å². The Balaban J connectivity index is 0. The Morgan fingerprint density at radius 2 is 0.846 bits per heavy atom. The number of hydrogen-bond acceptors (Lipinski definition) is 4. The Kier molecular flexibility index (Phi) is 23.8. The molecule has 6 heteroatoms. The first-order valence-electron chi connectivity index (χ1n) is 9.55. The van der Waals surface area contributed by atoms with Gasteiger partial charge < -0.3 is 20.4 Å². The highest BCUT2D eigenvalue weighted by molar-refractivity contribution is 5.79. The van der Waals surface area contributed by atoms with E-state index >= 15 is 0 Å². The summed E-state index contributed by atoms with van der Waals surface area (Å²) in [4.78, 5) is 20.1. The predicted molar refractivity (Wildman–Crippen MR) is 103 cm³/mol. The Morgan fingerprint density at radius 1 is 0.538 bits per heavy atom. The van der Waals surface area contributed by atoms with E-state index in [1.165, 1.54) is 12.2 Å². The van der Waals surface area contributed by atoms with Crippen LogP contribution in [0.3, 0.4) is 0 Å². The maximum absolute atomic E-state index is 10.1. The van der Waals surface area contributed by atoms with Crippen LogP contribution in [-0.4, -0.2) is 45.6 Å². The first-order valence-corrected chi connectivity index (χ1v) is 9.55. The minimum atomic E-state index is -0.875. The monoisotopic (exact) mass is 372 g/mol. The number of rotatable bonds is 16. The Labute approximate surface area is 157 Å². The first kappa shape index (κ1) is 26.6. The van der Waals surface area contributed by atoms with Gasteiger partial charge in [0.2, 0.25) is 0 Å². The van der Waals surface area contributed by atoms with Crippen molar-refractivity contribution in [3.8, 4) is 0 Å². The second-order valence-corrected chi connectivity index (χ2v) is 6.04. The van der Waals surface area contributed by atoms with E-state index in [-0.39, 0.29) is 13.2 Å². The lowest BCUT2D eigenvalue weighted by atomic mass is 10.1. The molecule has 0 atom stereocenters. The van der Waals surface area contributed by atoms with Crippen molar-refractivity contribution >= 4 is 11.9 Å². The van der Waals surface area contributed by atoms with Crippen molar-refractivity contribution in [2.24, 2.45) is 0 Å². The summed E-state index contributed by atoms with van der Waals surface area (Å²) < 4.78 is 0. The smallest absolute Gasteiger partial charge is 0.327 e. The molecule has 0 saturated heterocycles. The van der Waals surface area contributed by atoms with Crippen LogP contribution in [-0.2, 0) is 9.59 Å². The molecule has 152 valence electrons. The summed E-state index contributed by atoms with van der Waals surface area (Å²) in [5.74, 6) is -1.75. The van der Waals surface area contributed by atoms with Crippen molar-refractivity contribution in [3.63, 3.8) is 0 Å². The van der Waals surface area contributed by atoms with Crippen molar-refractivity contribution in [1.29, 1.82) is 0 Å². The van der Waals surface area contributed by atoms with E-state index in [4.69, 9.17) is 20.4 Å². The van der Waals surface area contributed by atoms with Gasteiger partial charge in [-0.15, -0.1) is 0 Å². The summed E-state index contributed by atoms with van der Waals surface area (Å²) in [5, 5.41) is 33.5. The lowest BCUT2D eigenvalue weighted by Gasteiger charge is -1.96. The number of unbranched alkanes of at least 4 members (excludes halogenated alkanes) is 10. The highest BCUT2D eigenvalue weighted by Crippen LogP contribution is 2.06. The van der Waals surface area contributed by atoms with Crippen LogP contribution in [0.25, 0.3) is 0 Å². The fourth-order valence-electron chi connectivity index (χ4n) is 2.18. The Hall–Kier alpha value is -1.66. The van der Waals surface area contributed by atoms with E-state index in [0.29, 0.717) is 0 Å². The van der Waals surface area contributed by atoms with E-state index in [2.05, 4.69) is 0 Å². The molecule has 0 aromatic heterocycles. The highest BCUT2D eigenvalue weighted by Gasteiger charge is 1.90. The SMILES string of the molecule is O=C(O)/C=C/CCCCCCCO.O=C(O)/C=C/CCCCCCCO. The third kappa shape index (κ3) is 30.2. The molecule has 0 aliphatic heterocycles. The number of carboxylic acids is 2. The molecule has 4 N–H and O–H groups in total. The van der Waals surface area contributed by atoms with Crippen LogP contribution in [0.1, 0.15) is 77.0 Å². The van der Waals surface area contributed by atoms with Gasteiger partial charge in [-0.1, -0.05) is 50.7 Å². The van der Waals surface area contributed by atoms with E-state index in [1.54, 1.807) is 12.2 Å². The quantitative estimate of drug-likeness (QED) is 0.241. The molecule has 0 amide bonds. The van der Waals surface area contributed by atoms with Gasteiger partial charge in [0.05, 0.1) is 0 Å². The first-order chi connectivity index (χ1) is 12.5. The molecule has 0 aliphatic carbocycles. The van der Waals surface area contributed by atoms with E-state index < -0.39 is 11.9 Å². The van der Waals surface area contributed by atoms with Crippen LogP contribution < -0.4 is 0 Å². The number of carbonyl (C=O) groups is 2. The molecule has 0 unspecified atom stereocenters. The topological polar surface area (TPSA) is 115 Å². The second kappa shape index (κ2) is 23.3. The Bertz CT molecular complexity index is 340. The maximum atomic E-state index is 10.1. The second-order valence-electron chi connectivity index (χ2n) is 6.04. The van der Waals surface area contributed by atoms with Crippen LogP contribution in [0.15, 0.2) is 24.3 Å². The molecular formula is C20H36O6. The molecule has 26 heavy (non-hydrogen) atoms. The summed E-state index contributed by atoms with van der Waals surface area (Å²) in [6.45, 7) is 0.553. The standard InChI is InChI=1S/2C10H18O3/c2*11-9-7-5-3-1-2-4-6-8-10(12)13/h2*6,8,11H,1-5,7,9H2,(H,12,13)/b2*8-6+. The zero-order valence-electron chi connectivity index (χ0n) is 15.8. The van der Waals surface area contributed by atoms with Gasteiger partial charge in [-0.2, -0.15) is 0 Å². The van der Waals surface area contributed by atoms with Crippen molar-refractivity contribution in [2.75, 3.05) is 13.2 Å². The number of allylic oxidation sites excluding steroid dienone is 2. The molecule has 0 aromatic carbocycles. The molecule has 0 rings (SSSR count). The normalized spacial score (nSPS) is 10.8. The number of aliphatic carboxylic acids is 2. The summed E-state index contributed by atoms with van der Waals surface area (Å²) in [7, 11) is 0. The molecule has 0 radical (unpaired) electrons.